The van der Waals surface area contributed by atoms with Gasteiger partial charge >= 0.3 is 0 Å². The highest BCUT2D eigenvalue weighted by atomic mass is 16.5. The minimum Gasteiger partial charge on any atom is -0.497 e. The molecule has 0 radical (unpaired) electrons. The second-order valence-electron chi connectivity index (χ2n) is 6.29. The van der Waals surface area contributed by atoms with Crippen LogP contribution in [-0.4, -0.2) is 52.1 Å². The summed E-state index contributed by atoms with van der Waals surface area (Å²) in [5, 5.41) is 0.996. The van der Waals surface area contributed by atoms with E-state index in [-0.39, 0.29) is 12.0 Å². The molecule has 26 heavy (non-hydrogen) atoms. The zero-order valence-corrected chi connectivity index (χ0v) is 14.5. The third-order valence-corrected chi connectivity index (χ3v) is 4.63. The molecule has 1 N–H and O–H groups in total. The fourth-order valence-electron chi connectivity index (χ4n) is 3.21. The van der Waals surface area contributed by atoms with Gasteiger partial charge in [0.25, 0.3) is 5.91 Å². The molecule has 0 unspecified atom stereocenters. The van der Waals surface area contributed by atoms with Crippen LogP contribution in [0.3, 0.4) is 0 Å². The minimum atomic E-state index is 0.0145. The Bertz CT molecular complexity index is 902. The summed E-state index contributed by atoms with van der Waals surface area (Å²) in [6.07, 6.45) is 4.76. The number of likely N-dealkylation sites (tertiary alicyclic amines) is 1. The molecule has 1 aromatic carbocycles. The summed E-state index contributed by atoms with van der Waals surface area (Å²) in [7, 11) is 1.63. The van der Waals surface area contributed by atoms with Crippen molar-refractivity contribution in [1.82, 2.24) is 19.9 Å². The van der Waals surface area contributed by atoms with Gasteiger partial charge in [0.2, 0.25) is 5.88 Å². The van der Waals surface area contributed by atoms with Crippen molar-refractivity contribution >= 4 is 16.8 Å². The Morgan fingerprint density at radius 3 is 2.81 bits per heavy atom. The van der Waals surface area contributed by atoms with Crippen molar-refractivity contribution in [2.75, 3.05) is 20.2 Å². The number of amides is 1. The summed E-state index contributed by atoms with van der Waals surface area (Å²) in [6.45, 7) is 1.32. The molecule has 3 heterocycles. The summed E-state index contributed by atoms with van der Waals surface area (Å²) in [6, 6.07) is 9.37. The Balaban J connectivity index is 1.40. The lowest BCUT2D eigenvalue weighted by Crippen LogP contribution is -2.42. The standard InChI is InChI=1S/C19H20N4O3/c1-25-15-3-2-13-10-17(22-16(13)11-15)19(24)23-8-5-14(6-9-23)26-18-4-7-20-12-21-18/h2-4,7,10-12,14,22H,5-6,8-9H2,1H3. The smallest absolute Gasteiger partial charge is 0.270 e. The molecule has 0 saturated carbocycles. The number of rotatable bonds is 4. The van der Waals surface area contributed by atoms with E-state index in [1.54, 1.807) is 19.4 Å². The van der Waals surface area contributed by atoms with Crippen molar-refractivity contribution in [2.24, 2.45) is 0 Å². The zero-order chi connectivity index (χ0) is 17.9. The summed E-state index contributed by atoms with van der Waals surface area (Å²) in [5.41, 5.74) is 1.50. The lowest BCUT2D eigenvalue weighted by molar-refractivity contribution is 0.0583. The van der Waals surface area contributed by atoms with Crippen LogP contribution in [0.25, 0.3) is 10.9 Å². The van der Waals surface area contributed by atoms with Crippen LogP contribution in [0.1, 0.15) is 23.3 Å². The average molecular weight is 352 g/mol. The maximum absolute atomic E-state index is 12.8. The predicted molar refractivity (Wildman–Crippen MR) is 96.4 cm³/mol. The maximum Gasteiger partial charge on any atom is 0.270 e. The number of piperidine rings is 1. The first kappa shape index (κ1) is 16.4. The molecule has 1 amide bonds. The Hall–Kier alpha value is -3.09. The molecule has 3 aromatic rings. The summed E-state index contributed by atoms with van der Waals surface area (Å²) in [5.74, 6) is 1.36. The van der Waals surface area contributed by atoms with Gasteiger partial charge in [0.15, 0.2) is 0 Å². The van der Waals surface area contributed by atoms with Gasteiger partial charge in [-0.2, -0.15) is 0 Å². The van der Waals surface area contributed by atoms with Crippen molar-refractivity contribution in [2.45, 2.75) is 18.9 Å². The number of benzene rings is 1. The van der Waals surface area contributed by atoms with Gasteiger partial charge in [0.05, 0.1) is 7.11 Å². The third-order valence-electron chi connectivity index (χ3n) is 4.63. The third kappa shape index (κ3) is 3.33. The van der Waals surface area contributed by atoms with E-state index in [1.807, 2.05) is 29.2 Å². The van der Waals surface area contributed by atoms with Gasteiger partial charge in [-0.25, -0.2) is 9.97 Å². The van der Waals surface area contributed by atoms with Crippen molar-refractivity contribution in [3.05, 3.63) is 48.5 Å². The SMILES string of the molecule is COc1ccc2cc(C(=O)N3CCC(Oc4ccncn4)CC3)[nH]c2c1. The van der Waals surface area contributed by atoms with E-state index in [0.717, 1.165) is 29.5 Å². The van der Waals surface area contributed by atoms with Gasteiger partial charge in [-0.1, -0.05) is 0 Å². The number of carbonyl (C=O) groups excluding carboxylic acids is 1. The van der Waals surface area contributed by atoms with Crippen molar-refractivity contribution in [3.8, 4) is 11.6 Å². The highest BCUT2D eigenvalue weighted by Crippen LogP contribution is 2.23. The van der Waals surface area contributed by atoms with Gasteiger partial charge in [-0.05, 0) is 18.2 Å². The van der Waals surface area contributed by atoms with Gasteiger partial charge < -0.3 is 19.4 Å². The van der Waals surface area contributed by atoms with E-state index in [0.29, 0.717) is 24.7 Å². The Kier molecular flexibility index (Phi) is 4.43. The van der Waals surface area contributed by atoms with Crippen molar-refractivity contribution in [3.63, 3.8) is 0 Å². The number of carbonyl (C=O) groups is 1. The first-order valence-electron chi connectivity index (χ1n) is 8.61. The zero-order valence-electron chi connectivity index (χ0n) is 14.5. The molecule has 0 bridgehead atoms. The highest BCUT2D eigenvalue weighted by molar-refractivity contribution is 5.98. The van der Waals surface area contributed by atoms with Crippen LogP contribution in [-0.2, 0) is 0 Å². The summed E-state index contributed by atoms with van der Waals surface area (Å²) < 4.78 is 11.1. The number of hydrogen-bond donors (Lipinski definition) is 1. The molecule has 0 spiro atoms. The number of aromatic nitrogens is 3. The topological polar surface area (TPSA) is 80.3 Å². The monoisotopic (exact) mass is 352 g/mol. The van der Waals surface area contributed by atoms with E-state index in [4.69, 9.17) is 9.47 Å². The number of nitrogens with zero attached hydrogens (tertiary/aromatic N) is 3. The van der Waals surface area contributed by atoms with Crippen LogP contribution in [0.5, 0.6) is 11.6 Å². The van der Waals surface area contributed by atoms with Gasteiger partial charge in [-0.15, -0.1) is 0 Å². The molecule has 4 rings (SSSR count). The van der Waals surface area contributed by atoms with E-state index < -0.39 is 0 Å². The molecule has 1 fully saturated rings. The van der Waals surface area contributed by atoms with Crippen LogP contribution < -0.4 is 9.47 Å². The van der Waals surface area contributed by atoms with E-state index >= 15 is 0 Å². The summed E-state index contributed by atoms with van der Waals surface area (Å²) in [4.78, 5) is 25.8. The van der Waals surface area contributed by atoms with E-state index in [1.165, 1.54) is 6.33 Å². The first-order chi connectivity index (χ1) is 12.7. The molecule has 1 saturated heterocycles. The number of methoxy groups -OCH3 is 1. The maximum atomic E-state index is 12.8. The number of nitrogens with one attached hydrogen (secondary N) is 1. The second kappa shape index (κ2) is 7.03. The fraction of sp³-hybridized carbons (Fsp3) is 0.316. The average Bonchev–Trinajstić information content (AvgIpc) is 3.12. The molecular formula is C19H20N4O3. The molecular weight excluding hydrogens is 332 g/mol. The number of fused-ring (bicyclic) bond motifs is 1. The normalized spacial score (nSPS) is 15.2. The molecule has 1 aliphatic heterocycles. The van der Waals surface area contributed by atoms with Crippen molar-refractivity contribution < 1.29 is 14.3 Å². The van der Waals surface area contributed by atoms with Gasteiger partial charge in [0.1, 0.15) is 23.9 Å². The van der Waals surface area contributed by atoms with Crippen LogP contribution >= 0.6 is 0 Å². The van der Waals surface area contributed by atoms with E-state index in [9.17, 15) is 4.79 Å². The first-order valence-corrected chi connectivity index (χ1v) is 8.61. The Labute approximate surface area is 151 Å². The number of H-pyrrole nitrogens is 1. The predicted octanol–water partition coefficient (Wildman–Crippen LogP) is 2.65. The molecule has 7 nitrogen and oxygen atoms in total. The highest BCUT2D eigenvalue weighted by Gasteiger charge is 2.25. The minimum absolute atomic E-state index is 0.0145. The fourth-order valence-corrected chi connectivity index (χ4v) is 3.21. The Morgan fingerprint density at radius 1 is 1.23 bits per heavy atom. The van der Waals surface area contributed by atoms with Crippen molar-refractivity contribution in [1.29, 1.82) is 0 Å². The molecule has 134 valence electrons. The quantitative estimate of drug-likeness (QED) is 0.781. The van der Waals surface area contributed by atoms with Crippen LogP contribution in [0, 0.1) is 0 Å². The van der Waals surface area contributed by atoms with Crippen LogP contribution in [0.2, 0.25) is 0 Å². The number of hydrogen-bond acceptors (Lipinski definition) is 5. The summed E-state index contributed by atoms with van der Waals surface area (Å²) >= 11 is 0. The largest absolute Gasteiger partial charge is 0.497 e. The lowest BCUT2D eigenvalue weighted by Gasteiger charge is -2.31. The van der Waals surface area contributed by atoms with Crippen LogP contribution in [0.15, 0.2) is 42.9 Å². The van der Waals surface area contributed by atoms with Gasteiger partial charge in [-0.3, -0.25) is 4.79 Å². The lowest BCUT2D eigenvalue weighted by atomic mass is 10.1. The second-order valence-corrected chi connectivity index (χ2v) is 6.29. The van der Waals surface area contributed by atoms with Gasteiger partial charge in [0, 0.05) is 55.2 Å². The van der Waals surface area contributed by atoms with E-state index in [2.05, 4.69) is 15.0 Å². The molecule has 1 aliphatic rings. The number of ether oxygens (including phenoxy) is 2. The molecule has 0 aliphatic carbocycles. The number of aromatic amines is 1. The van der Waals surface area contributed by atoms with Crippen LogP contribution in [0.4, 0.5) is 0 Å². The molecule has 2 aromatic heterocycles. The Morgan fingerprint density at radius 2 is 2.08 bits per heavy atom. The molecule has 7 heteroatoms. The molecule has 0 atom stereocenters.